The van der Waals surface area contributed by atoms with E-state index in [1.54, 1.807) is 57.2 Å². The zero-order chi connectivity index (χ0) is 26.7. The van der Waals surface area contributed by atoms with Gasteiger partial charge in [0, 0.05) is 6.42 Å². The topological polar surface area (TPSA) is 146 Å². The Balaban J connectivity index is 1.71. The van der Waals surface area contributed by atoms with Crippen molar-refractivity contribution in [3.8, 4) is 5.75 Å². The van der Waals surface area contributed by atoms with Crippen LogP contribution in [-0.2, 0) is 32.7 Å². The first-order valence-corrected chi connectivity index (χ1v) is 12.4. The summed E-state index contributed by atoms with van der Waals surface area (Å²) in [4.78, 5) is 23.6. The van der Waals surface area contributed by atoms with Crippen molar-refractivity contribution >= 4 is 28.0 Å². The second kappa shape index (κ2) is 10.4. The zero-order valence-electron chi connectivity index (χ0n) is 20.3. The molecule has 0 saturated carbocycles. The number of carbonyl (C=O) groups is 2. The molecule has 2 aromatic rings. The summed E-state index contributed by atoms with van der Waals surface area (Å²) in [5.41, 5.74) is 0.654. The van der Waals surface area contributed by atoms with E-state index in [1.165, 1.54) is 19.2 Å². The molecule has 1 atom stereocenters. The Labute approximate surface area is 209 Å². The van der Waals surface area contributed by atoms with Crippen LogP contribution in [0.2, 0.25) is 0 Å². The van der Waals surface area contributed by atoms with Crippen molar-refractivity contribution in [3.63, 3.8) is 0 Å². The highest BCUT2D eigenvalue weighted by Gasteiger charge is 2.37. The average Bonchev–Trinajstić information content (AvgIpc) is 3.01. The van der Waals surface area contributed by atoms with Crippen LogP contribution in [0.1, 0.15) is 31.9 Å². The number of benzene rings is 2. The molecule has 194 valence electrons. The molecule has 2 aromatic carbocycles. The Bertz CT molecular complexity index is 1240. The number of nitrogens with one attached hydrogen (secondary N) is 1. The minimum atomic E-state index is -4.10. The number of carboxylic acid groups (broad SMARTS) is 1. The lowest BCUT2D eigenvalue weighted by molar-refractivity contribution is -0.139. The minimum absolute atomic E-state index is 0.0493. The summed E-state index contributed by atoms with van der Waals surface area (Å²) in [6.45, 7) is 4.91. The predicted octanol–water partition coefficient (Wildman–Crippen LogP) is 3.14. The standard InChI is InChI=1S/C24H29N3O8S/c1-24(2,3)35-23(31)25-20(22(29)30)13-16-5-9-18(10-6-16)26-15-21(28)27(36(26,32)33)14-17-7-11-19(34-4)12-8-17/h5-12,15,20,28H,13-14H2,1-4H3,(H,25,31)(H,29,30)/t20-/m0/s1. The number of carboxylic acids is 1. The number of amides is 1. The van der Waals surface area contributed by atoms with Crippen molar-refractivity contribution in [1.82, 2.24) is 9.62 Å². The SMILES string of the molecule is COc1ccc(CN2C(O)=CN(c3ccc(C[C@H](NC(=O)OC(C)(C)C)C(=O)O)cc3)S2(=O)=O)cc1. The van der Waals surface area contributed by atoms with Crippen LogP contribution in [0.15, 0.2) is 60.6 Å². The number of anilines is 1. The number of nitrogens with zero attached hydrogens (tertiary/aromatic N) is 2. The lowest BCUT2D eigenvalue weighted by Gasteiger charge is -2.23. The van der Waals surface area contributed by atoms with Gasteiger partial charge >= 0.3 is 22.3 Å². The van der Waals surface area contributed by atoms with Crippen LogP contribution < -0.4 is 14.4 Å². The first-order valence-electron chi connectivity index (χ1n) is 11.0. The Kier molecular flexibility index (Phi) is 7.68. The van der Waals surface area contributed by atoms with Gasteiger partial charge in [-0.2, -0.15) is 8.42 Å². The number of aliphatic carboxylic acids is 1. The summed E-state index contributed by atoms with van der Waals surface area (Å²) in [6, 6.07) is 11.6. The van der Waals surface area contributed by atoms with Gasteiger partial charge in [0.15, 0.2) is 0 Å². The highest BCUT2D eigenvalue weighted by Crippen LogP contribution is 2.31. The van der Waals surface area contributed by atoms with E-state index in [0.29, 0.717) is 16.9 Å². The molecule has 12 heteroatoms. The van der Waals surface area contributed by atoms with E-state index in [0.717, 1.165) is 14.8 Å². The van der Waals surface area contributed by atoms with Gasteiger partial charge in [0.05, 0.1) is 25.5 Å². The van der Waals surface area contributed by atoms with Gasteiger partial charge in [-0.1, -0.05) is 24.3 Å². The average molecular weight is 520 g/mol. The van der Waals surface area contributed by atoms with Crippen molar-refractivity contribution in [3.05, 3.63) is 71.7 Å². The normalized spacial score (nSPS) is 15.7. The van der Waals surface area contributed by atoms with E-state index < -0.39 is 39.8 Å². The van der Waals surface area contributed by atoms with E-state index in [2.05, 4.69) is 5.32 Å². The number of aliphatic hydroxyl groups excluding tert-OH is 1. The van der Waals surface area contributed by atoms with Crippen molar-refractivity contribution in [2.24, 2.45) is 0 Å². The summed E-state index contributed by atoms with van der Waals surface area (Å²) >= 11 is 0. The largest absolute Gasteiger partial charge is 0.497 e. The number of methoxy groups -OCH3 is 1. The first kappa shape index (κ1) is 26.7. The van der Waals surface area contributed by atoms with Crippen molar-refractivity contribution in [2.75, 3.05) is 11.4 Å². The number of rotatable bonds is 8. The summed E-state index contributed by atoms with van der Waals surface area (Å²) in [6.07, 6.45) is 0.191. The molecule has 0 unspecified atom stereocenters. The van der Waals surface area contributed by atoms with Crippen LogP contribution in [-0.4, -0.2) is 53.8 Å². The molecule has 1 aliphatic heterocycles. The number of ether oxygens (including phenoxy) is 2. The molecule has 3 rings (SSSR count). The molecule has 1 aliphatic rings. The number of aliphatic hydroxyl groups is 1. The Morgan fingerprint density at radius 3 is 2.14 bits per heavy atom. The molecule has 0 radical (unpaired) electrons. The van der Waals surface area contributed by atoms with Gasteiger partial charge < -0.3 is 25.0 Å². The molecule has 3 N–H and O–H groups in total. The molecule has 0 aromatic heterocycles. The summed E-state index contributed by atoms with van der Waals surface area (Å²) in [5, 5.41) is 22.1. The maximum Gasteiger partial charge on any atom is 0.408 e. The molecule has 0 aliphatic carbocycles. The molecule has 11 nitrogen and oxygen atoms in total. The molecular formula is C24H29N3O8S. The number of hydrogen-bond acceptors (Lipinski definition) is 7. The fraction of sp³-hybridized carbons (Fsp3) is 0.333. The molecular weight excluding hydrogens is 490 g/mol. The maximum atomic E-state index is 13.1. The third-order valence-electron chi connectivity index (χ3n) is 5.12. The number of carbonyl (C=O) groups excluding carboxylic acids is 1. The van der Waals surface area contributed by atoms with Crippen LogP contribution in [0.4, 0.5) is 10.5 Å². The van der Waals surface area contributed by atoms with Crippen LogP contribution in [0.5, 0.6) is 5.75 Å². The molecule has 0 saturated heterocycles. The third-order valence-corrected chi connectivity index (χ3v) is 6.81. The summed E-state index contributed by atoms with van der Waals surface area (Å²) < 4.78 is 38.2. The molecule has 0 fully saturated rings. The van der Waals surface area contributed by atoms with Gasteiger partial charge in [0.2, 0.25) is 5.88 Å². The minimum Gasteiger partial charge on any atom is -0.497 e. The molecule has 1 heterocycles. The van der Waals surface area contributed by atoms with Gasteiger partial charge in [-0.3, -0.25) is 0 Å². The summed E-state index contributed by atoms with van der Waals surface area (Å²) in [7, 11) is -2.58. The van der Waals surface area contributed by atoms with Gasteiger partial charge in [-0.15, -0.1) is 0 Å². The Morgan fingerprint density at radius 1 is 1.03 bits per heavy atom. The second-order valence-corrected chi connectivity index (χ2v) is 10.8. The van der Waals surface area contributed by atoms with Crippen LogP contribution in [0.25, 0.3) is 0 Å². The lowest BCUT2D eigenvalue weighted by atomic mass is 10.1. The third kappa shape index (κ3) is 6.39. The summed E-state index contributed by atoms with van der Waals surface area (Å²) in [5.74, 6) is -1.06. The van der Waals surface area contributed by atoms with Gasteiger partial charge in [0.25, 0.3) is 0 Å². The number of alkyl carbamates (subject to hydrolysis) is 1. The van der Waals surface area contributed by atoms with E-state index in [9.17, 15) is 28.2 Å². The number of hydrogen-bond donors (Lipinski definition) is 3. The highest BCUT2D eigenvalue weighted by atomic mass is 32.2. The van der Waals surface area contributed by atoms with E-state index in [1.807, 2.05) is 0 Å². The Morgan fingerprint density at radius 2 is 1.61 bits per heavy atom. The van der Waals surface area contributed by atoms with Crippen LogP contribution in [0, 0.1) is 0 Å². The fourth-order valence-electron chi connectivity index (χ4n) is 3.39. The monoisotopic (exact) mass is 519 g/mol. The van der Waals surface area contributed by atoms with E-state index in [4.69, 9.17) is 9.47 Å². The molecule has 0 bridgehead atoms. The van der Waals surface area contributed by atoms with Crippen molar-refractivity contribution < 1.29 is 37.7 Å². The van der Waals surface area contributed by atoms with Crippen molar-refractivity contribution in [1.29, 1.82) is 0 Å². The molecule has 1 amide bonds. The van der Waals surface area contributed by atoms with Crippen molar-refractivity contribution in [2.45, 2.75) is 45.4 Å². The maximum absolute atomic E-state index is 13.1. The quantitative estimate of drug-likeness (QED) is 0.482. The van der Waals surface area contributed by atoms with Gasteiger partial charge in [0.1, 0.15) is 17.4 Å². The highest BCUT2D eigenvalue weighted by molar-refractivity contribution is 7.91. The predicted molar refractivity (Wildman–Crippen MR) is 132 cm³/mol. The van der Waals surface area contributed by atoms with Crippen LogP contribution >= 0.6 is 0 Å². The molecule has 0 spiro atoms. The van der Waals surface area contributed by atoms with Gasteiger partial charge in [-0.05, 0) is 56.2 Å². The Hall–Kier alpha value is -3.93. The smallest absolute Gasteiger partial charge is 0.408 e. The zero-order valence-corrected chi connectivity index (χ0v) is 21.2. The second-order valence-electron chi connectivity index (χ2n) is 9.05. The first-order chi connectivity index (χ1) is 16.8. The lowest BCUT2D eigenvalue weighted by Crippen LogP contribution is -2.44. The van der Waals surface area contributed by atoms with Crippen LogP contribution in [0.3, 0.4) is 0 Å². The van der Waals surface area contributed by atoms with Gasteiger partial charge in [-0.25, -0.2) is 18.2 Å². The molecule has 36 heavy (non-hydrogen) atoms. The fourth-order valence-corrected chi connectivity index (χ4v) is 4.82. The van der Waals surface area contributed by atoms with E-state index >= 15 is 0 Å². The van der Waals surface area contributed by atoms with E-state index in [-0.39, 0.29) is 18.7 Å².